The summed E-state index contributed by atoms with van der Waals surface area (Å²) in [4.78, 5) is 8.36. The van der Waals surface area contributed by atoms with Gasteiger partial charge in [-0.3, -0.25) is 4.79 Å². The van der Waals surface area contributed by atoms with Crippen LogP contribution in [-0.4, -0.2) is 24.8 Å². The monoisotopic (exact) mass is 120 g/mol. The van der Waals surface area contributed by atoms with Gasteiger partial charge in [0.2, 0.25) is 0 Å². The summed E-state index contributed by atoms with van der Waals surface area (Å²) in [5.74, 6) is 0. The van der Waals surface area contributed by atoms with Gasteiger partial charge in [0, 0.05) is 13.2 Å². The number of hydrogen-bond acceptors (Lipinski definition) is 2. The van der Waals surface area contributed by atoms with Gasteiger partial charge in [0.1, 0.15) is 0 Å². The van der Waals surface area contributed by atoms with Crippen LogP contribution >= 0.6 is 0 Å². The summed E-state index contributed by atoms with van der Waals surface area (Å²) in [5, 5.41) is 6.89. The van der Waals surface area contributed by atoms with E-state index in [1.807, 2.05) is 13.8 Å². The van der Waals surface area contributed by atoms with Crippen LogP contribution in [0, 0.1) is 0 Å². The number of carbonyl (C=O) groups is 1. The standard InChI is InChI=1S/C4H10O.CH2O2/c1-3-5-4-2;2-1-3/h3-4H2,1-2H3;1H,(H,2,3). The Bertz CT molecular complexity index is 34.7. The zero-order valence-corrected chi connectivity index (χ0v) is 5.26. The van der Waals surface area contributed by atoms with Gasteiger partial charge in [-0.1, -0.05) is 0 Å². The van der Waals surface area contributed by atoms with Gasteiger partial charge in [0.05, 0.1) is 0 Å². The molecule has 0 unspecified atom stereocenters. The van der Waals surface area contributed by atoms with Crippen LogP contribution in [0.3, 0.4) is 0 Å². The second-order valence-corrected chi connectivity index (χ2v) is 0.887. The van der Waals surface area contributed by atoms with Crippen molar-refractivity contribution in [1.82, 2.24) is 0 Å². The summed E-state index contributed by atoms with van der Waals surface area (Å²) < 4.78 is 4.83. The van der Waals surface area contributed by atoms with Gasteiger partial charge in [-0.2, -0.15) is 0 Å². The van der Waals surface area contributed by atoms with E-state index in [0.29, 0.717) is 0 Å². The molecule has 0 saturated heterocycles. The molecular weight excluding hydrogens is 108 g/mol. The van der Waals surface area contributed by atoms with E-state index in [0.717, 1.165) is 13.2 Å². The van der Waals surface area contributed by atoms with E-state index in [4.69, 9.17) is 14.6 Å². The lowest BCUT2D eigenvalue weighted by atomic mass is 10.8. The minimum atomic E-state index is -0.250. The minimum Gasteiger partial charge on any atom is -0.483 e. The largest absolute Gasteiger partial charge is 0.483 e. The van der Waals surface area contributed by atoms with Crippen molar-refractivity contribution in [2.45, 2.75) is 13.8 Å². The Morgan fingerprint density at radius 2 is 1.75 bits per heavy atom. The van der Waals surface area contributed by atoms with Gasteiger partial charge in [0.15, 0.2) is 0 Å². The first-order chi connectivity index (χ1) is 3.83. The molecule has 0 amide bonds. The van der Waals surface area contributed by atoms with Crippen LogP contribution in [0.4, 0.5) is 0 Å². The maximum atomic E-state index is 8.36. The van der Waals surface area contributed by atoms with Crippen LogP contribution in [-0.2, 0) is 9.53 Å². The predicted molar refractivity (Wildman–Crippen MR) is 30.9 cm³/mol. The molecular formula is C5H12O3. The van der Waals surface area contributed by atoms with Gasteiger partial charge in [-0.05, 0) is 13.8 Å². The Kier molecular flexibility index (Phi) is 21.0. The fraction of sp³-hybridized carbons (Fsp3) is 0.800. The zero-order valence-electron chi connectivity index (χ0n) is 5.26. The first-order valence-electron chi connectivity index (χ1n) is 2.49. The Labute approximate surface area is 49.3 Å². The lowest BCUT2D eigenvalue weighted by molar-refractivity contribution is -0.122. The van der Waals surface area contributed by atoms with Gasteiger partial charge in [-0.25, -0.2) is 0 Å². The topological polar surface area (TPSA) is 46.5 Å². The third-order valence-corrected chi connectivity index (χ3v) is 0.408. The summed E-state index contributed by atoms with van der Waals surface area (Å²) in [5.41, 5.74) is 0. The van der Waals surface area contributed by atoms with Crippen LogP contribution in [0.5, 0.6) is 0 Å². The van der Waals surface area contributed by atoms with Crippen molar-refractivity contribution < 1.29 is 14.6 Å². The molecule has 0 aliphatic heterocycles. The molecule has 0 bridgehead atoms. The van der Waals surface area contributed by atoms with Crippen LogP contribution in [0.15, 0.2) is 0 Å². The van der Waals surface area contributed by atoms with Gasteiger partial charge < -0.3 is 9.84 Å². The lowest BCUT2D eigenvalue weighted by Gasteiger charge is -1.86. The molecule has 0 saturated carbocycles. The SMILES string of the molecule is CCOCC.O=CO. The number of rotatable bonds is 2. The van der Waals surface area contributed by atoms with Crippen molar-refractivity contribution in [2.24, 2.45) is 0 Å². The number of hydrogen-bond donors (Lipinski definition) is 1. The van der Waals surface area contributed by atoms with Crippen molar-refractivity contribution in [3.8, 4) is 0 Å². The highest BCUT2D eigenvalue weighted by atomic mass is 16.5. The first-order valence-corrected chi connectivity index (χ1v) is 2.49. The highest BCUT2D eigenvalue weighted by molar-refractivity contribution is 5.32. The molecule has 0 spiro atoms. The van der Waals surface area contributed by atoms with Gasteiger partial charge in [-0.15, -0.1) is 0 Å². The van der Waals surface area contributed by atoms with Crippen LogP contribution in [0.1, 0.15) is 13.8 Å². The molecule has 3 heteroatoms. The summed E-state index contributed by atoms with van der Waals surface area (Å²) in [6.45, 7) is 5.42. The van der Waals surface area contributed by atoms with Crippen molar-refractivity contribution in [3.05, 3.63) is 0 Å². The molecule has 0 aliphatic carbocycles. The van der Waals surface area contributed by atoms with Gasteiger partial charge >= 0.3 is 0 Å². The molecule has 0 heterocycles. The Morgan fingerprint density at radius 1 is 1.50 bits per heavy atom. The average molecular weight is 120 g/mol. The van der Waals surface area contributed by atoms with Crippen molar-refractivity contribution in [3.63, 3.8) is 0 Å². The van der Waals surface area contributed by atoms with Crippen LogP contribution in [0.2, 0.25) is 0 Å². The zero-order chi connectivity index (χ0) is 6.83. The van der Waals surface area contributed by atoms with Crippen molar-refractivity contribution in [2.75, 3.05) is 13.2 Å². The summed E-state index contributed by atoms with van der Waals surface area (Å²) >= 11 is 0. The Hall–Kier alpha value is -0.570. The molecule has 0 aromatic rings. The van der Waals surface area contributed by atoms with E-state index in [1.165, 1.54) is 0 Å². The third kappa shape index (κ3) is 52.1. The van der Waals surface area contributed by atoms with Gasteiger partial charge in [0.25, 0.3) is 6.47 Å². The maximum absolute atomic E-state index is 8.36. The minimum absolute atomic E-state index is 0.250. The second-order valence-electron chi connectivity index (χ2n) is 0.887. The molecule has 3 nitrogen and oxygen atoms in total. The molecule has 0 atom stereocenters. The predicted octanol–water partition coefficient (Wildman–Crippen LogP) is 0.744. The molecule has 0 fully saturated rings. The highest BCUT2D eigenvalue weighted by Gasteiger charge is 1.64. The van der Waals surface area contributed by atoms with E-state index in [9.17, 15) is 0 Å². The molecule has 1 N–H and O–H groups in total. The third-order valence-electron chi connectivity index (χ3n) is 0.408. The fourth-order valence-corrected chi connectivity index (χ4v) is 0.204. The van der Waals surface area contributed by atoms with Crippen LogP contribution < -0.4 is 0 Å². The number of ether oxygens (including phenoxy) is 1. The molecule has 0 aromatic carbocycles. The second kappa shape index (κ2) is 16.1. The quantitative estimate of drug-likeness (QED) is 0.547. The number of carboxylic acid groups (broad SMARTS) is 1. The summed E-state index contributed by atoms with van der Waals surface area (Å²) in [7, 11) is 0. The summed E-state index contributed by atoms with van der Waals surface area (Å²) in [6, 6.07) is 0. The van der Waals surface area contributed by atoms with E-state index in [1.54, 1.807) is 0 Å². The van der Waals surface area contributed by atoms with E-state index < -0.39 is 0 Å². The Balaban J connectivity index is 0. The molecule has 50 valence electrons. The fourth-order valence-electron chi connectivity index (χ4n) is 0.204. The van der Waals surface area contributed by atoms with E-state index >= 15 is 0 Å². The van der Waals surface area contributed by atoms with Crippen LogP contribution in [0.25, 0.3) is 0 Å². The highest BCUT2D eigenvalue weighted by Crippen LogP contribution is 1.64. The first kappa shape index (κ1) is 10.4. The van der Waals surface area contributed by atoms with E-state index in [-0.39, 0.29) is 6.47 Å². The molecule has 0 rings (SSSR count). The van der Waals surface area contributed by atoms with Crippen molar-refractivity contribution in [1.29, 1.82) is 0 Å². The summed E-state index contributed by atoms with van der Waals surface area (Å²) in [6.07, 6.45) is 0. The normalized spacial score (nSPS) is 6.75. The molecule has 0 radical (unpaired) electrons. The van der Waals surface area contributed by atoms with E-state index in [2.05, 4.69) is 0 Å². The average Bonchev–Trinajstić information content (AvgIpc) is 1.71. The lowest BCUT2D eigenvalue weighted by Crippen LogP contribution is -1.84. The smallest absolute Gasteiger partial charge is 0.290 e. The van der Waals surface area contributed by atoms with Crippen molar-refractivity contribution >= 4 is 6.47 Å². The maximum Gasteiger partial charge on any atom is 0.290 e. The molecule has 8 heavy (non-hydrogen) atoms. The molecule has 0 aliphatic rings. The molecule has 0 aromatic heterocycles. The Morgan fingerprint density at radius 3 is 1.75 bits per heavy atom.